The SMILES string of the molecule is CCOC(=O)c1nc(-c2ccccc2)c(N)c(N)c1-c1ccccc1. The number of pyridine rings is 1. The zero-order valence-electron chi connectivity index (χ0n) is 13.9. The number of anilines is 2. The van der Waals surface area contributed by atoms with Crippen LogP contribution in [0.2, 0.25) is 0 Å². The second-order valence-corrected chi connectivity index (χ2v) is 5.46. The molecule has 1 heterocycles. The normalized spacial score (nSPS) is 10.4. The molecule has 0 atom stereocenters. The average Bonchev–Trinajstić information content (AvgIpc) is 2.65. The van der Waals surface area contributed by atoms with Crippen LogP contribution in [0.5, 0.6) is 0 Å². The Balaban J connectivity index is 2.28. The molecule has 3 aromatic rings. The molecule has 0 amide bonds. The lowest BCUT2D eigenvalue weighted by molar-refractivity contribution is 0.0520. The highest BCUT2D eigenvalue weighted by atomic mass is 16.5. The molecule has 5 nitrogen and oxygen atoms in total. The molecule has 0 saturated carbocycles. The van der Waals surface area contributed by atoms with Gasteiger partial charge in [0.05, 0.1) is 23.7 Å². The van der Waals surface area contributed by atoms with E-state index in [1.54, 1.807) is 6.92 Å². The zero-order valence-corrected chi connectivity index (χ0v) is 13.9. The molecule has 126 valence electrons. The minimum absolute atomic E-state index is 0.165. The van der Waals surface area contributed by atoms with E-state index in [1.165, 1.54) is 0 Å². The predicted octanol–water partition coefficient (Wildman–Crippen LogP) is 3.76. The van der Waals surface area contributed by atoms with Gasteiger partial charge >= 0.3 is 5.97 Å². The molecule has 1 aromatic heterocycles. The van der Waals surface area contributed by atoms with Gasteiger partial charge in [-0.25, -0.2) is 9.78 Å². The fourth-order valence-corrected chi connectivity index (χ4v) is 2.68. The van der Waals surface area contributed by atoms with Crippen molar-refractivity contribution in [3.05, 3.63) is 66.4 Å². The lowest BCUT2D eigenvalue weighted by Gasteiger charge is -2.16. The van der Waals surface area contributed by atoms with Crippen LogP contribution in [0.25, 0.3) is 22.4 Å². The maximum Gasteiger partial charge on any atom is 0.357 e. The number of hydrogen-bond donors (Lipinski definition) is 2. The summed E-state index contributed by atoms with van der Waals surface area (Å²) >= 11 is 0. The van der Waals surface area contributed by atoms with Gasteiger partial charge in [0.15, 0.2) is 5.69 Å². The summed E-state index contributed by atoms with van der Waals surface area (Å²) in [4.78, 5) is 17.0. The topological polar surface area (TPSA) is 91.2 Å². The Hall–Kier alpha value is -3.34. The minimum atomic E-state index is -0.523. The van der Waals surface area contributed by atoms with Crippen LogP contribution < -0.4 is 11.5 Å². The summed E-state index contributed by atoms with van der Waals surface area (Å²) in [6.07, 6.45) is 0. The van der Waals surface area contributed by atoms with Crippen molar-refractivity contribution in [2.24, 2.45) is 0 Å². The van der Waals surface area contributed by atoms with Crippen molar-refractivity contribution in [2.45, 2.75) is 6.92 Å². The summed E-state index contributed by atoms with van der Waals surface area (Å²) in [6, 6.07) is 18.7. The number of benzene rings is 2. The standard InChI is InChI=1S/C20H19N3O2/c1-2-25-20(24)19-15(13-9-5-3-6-10-13)16(21)17(22)18(23-19)14-11-7-4-8-12-14/h3-12H,2,22H2,1H3,(H2,21,23). The number of esters is 1. The molecule has 0 unspecified atom stereocenters. The molecule has 25 heavy (non-hydrogen) atoms. The smallest absolute Gasteiger partial charge is 0.357 e. The van der Waals surface area contributed by atoms with Crippen LogP contribution in [-0.2, 0) is 4.74 Å². The van der Waals surface area contributed by atoms with Crippen molar-refractivity contribution in [3.8, 4) is 22.4 Å². The minimum Gasteiger partial charge on any atom is -0.461 e. The van der Waals surface area contributed by atoms with Gasteiger partial charge in [-0.15, -0.1) is 0 Å². The van der Waals surface area contributed by atoms with Crippen molar-refractivity contribution >= 4 is 17.3 Å². The first kappa shape index (κ1) is 16.5. The lowest BCUT2D eigenvalue weighted by atomic mass is 9.98. The summed E-state index contributed by atoms with van der Waals surface area (Å²) < 4.78 is 5.18. The Morgan fingerprint density at radius 2 is 1.48 bits per heavy atom. The van der Waals surface area contributed by atoms with Crippen molar-refractivity contribution in [1.29, 1.82) is 0 Å². The molecule has 0 spiro atoms. The van der Waals surface area contributed by atoms with Gasteiger partial charge < -0.3 is 16.2 Å². The number of nitrogens with zero attached hydrogens (tertiary/aromatic N) is 1. The molecule has 0 saturated heterocycles. The first-order valence-corrected chi connectivity index (χ1v) is 8.00. The Morgan fingerprint density at radius 3 is 2.04 bits per heavy atom. The van der Waals surface area contributed by atoms with Gasteiger partial charge in [0.1, 0.15) is 0 Å². The van der Waals surface area contributed by atoms with Crippen molar-refractivity contribution in [2.75, 3.05) is 18.1 Å². The Bertz CT molecular complexity index is 894. The third kappa shape index (κ3) is 3.17. The van der Waals surface area contributed by atoms with Gasteiger partial charge in [-0.3, -0.25) is 0 Å². The van der Waals surface area contributed by atoms with Crippen LogP contribution in [0.1, 0.15) is 17.4 Å². The molecular formula is C20H19N3O2. The highest BCUT2D eigenvalue weighted by Crippen LogP contribution is 2.38. The highest BCUT2D eigenvalue weighted by molar-refractivity contribution is 6.03. The Labute approximate surface area is 146 Å². The van der Waals surface area contributed by atoms with Crippen LogP contribution in [0.4, 0.5) is 11.4 Å². The van der Waals surface area contributed by atoms with Crippen LogP contribution in [0.3, 0.4) is 0 Å². The molecule has 0 radical (unpaired) electrons. The zero-order chi connectivity index (χ0) is 17.8. The molecular weight excluding hydrogens is 314 g/mol. The Kier molecular flexibility index (Phi) is 4.66. The van der Waals surface area contributed by atoms with E-state index in [-0.39, 0.29) is 12.3 Å². The molecule has 4 N–H and O–H groups in total. The lowest BCUT2D eigenvalue weighted by Crippen LogP contribution is -2.13. The number of carbonyl (C=O) groups is 1. The van der Waals surface area contributed by atoms with E-state index < -0.39 is 5.97 Å². The molecule has 0 aliphatic heterocycles. The maximum atomic E-state index is 12.5. The summed E-state index contributed by atoms with van der Waals surface area (Å²) in [7, 11) is 0. The molecule has 5 heteroatoms. The number of ether oxygens (including phenoxy) is 1. The third-order valence-electron chi connectivity index (χ3n) is 3.85. The monoisotopic (exact) mass is 333 g/mol. The highest BCUT2D eigenvalue weighted by Gasteiger charge is 2.23. The fourth-order valence-electron chi connectivity index (χ4n) is 2.68. The summed E-state index contributed by atoms with van der Waals surface area (Å²) in [5, 5.41) is 0. The van der Waals surface area contributed by atoms with E-state index in [2.05, 4.69) is 4.98 Å². The predicted molar refractivity (Wildman–Crippen MR) is 99.9 cm³/mol. The number of rotatable bonds is 4. The number of nitrogen functional groups attached to an aromatic ring is 2. The summed E-state index contributed by atoms with van der Waals surface area (Å²) in [5.74, 6) is -0.523. The van der Waals surface area contributed by atoms with E-state index in [9.17, 15) is 4.79 Å². The van der Waals surface area contributed by atoms with Crippen LogP contribution >= 0.6 is 0 Å². The van der Waals surface area contributed by atoms with Crippen molar-refractivity contribution in [3.63, 3.8) is 0 Å². The van der Waals surface area contributed by atoms with Gasteiger partial charge in [-0.05, 0) is 12.5 Å². The molecule has 0 aliphatic carbocycles. The van der Waals surface area contributed by atoms with E-state index in [0.717, 1.165) is 11.1 Å². The first-order valence-electron chi connectivity index (χ1n) is 8.00. The van der Waals surface area contributed by atoms with Gasteiger partial charge in [0.25, 0.3) is 0 Å². The van der Waals surface area contributed by atoms with E-state index >= 15 is 0 Å². The summed E-state index contributed by atoms with van der Waals surface area (Å²) in [5.41, 5.74) is 15.9. The largest absolute Gasteiger partial charge is 0.461 e. The fraction of sp³-hybridized carbons (Fsp3) is 0.100. The van der Waals surface area contributed by atoms with Gasteiger partial charge in [0.2, 0.25) is 0 Å². The second-order valence-electron chi connectivity index (χ2n) is 5.46. The third-order valence-corrected chi connectivity index (χ3v) is 3.85. The molecule has 0 fully saturated rings. The van der Waals surface area contributed by atoms with Crippen molar-refractivity contribution in [1.82, 2.24) is 4.98 Å². The van der Waals surface area contributed by atoms with Gasteiger partial charge in [0, 0.05) is 11.1 Å². The number of nitrogens with two attached hydrogens (primary N) is 2. The van der Waals surface area contributed by atoms with Crippen LogP contribution in [0.15, 0.2) is 60.7 Å². The average molecular weight is 333 g/mol. The molecule has 2 aromatic carbocycles. The van der Waals surface area contributed by atoms with Gasteiger partial charge in [-0.2, -0.15) is 0 Å². The van der Waals surface area contributed by atoms with E-state index in [0.29, 0.717) is 22.6 Å². The molecule has 3 rings (SSSR count). The van der Waals surface area contributed by atoms with Crippen molar-refractivity contribution < 1.29 is 9.53 Å². The quantitative estimate of drug-likeness (QED) is 0.709. The summed E-state index contributed by atoms with van der Waals surface area (Å²) in [6.45, 7) is 2.00. The van der Waals surface area contributed by atoms with Gasteiger partial charge in [-0.1, -0.05) is 60.7 Å². The Morgan fingerprint density at radius 1 is 0.920 bits per heavy atom. The maximum absolute atomic E-state index is 12.5. The molecule has 0 aliphatic rings. The van der Waals surface area contributed by atoms with Crippen LogP contribution in [0, 0.1) is 0 Å². The molecule has 0 bridgehead atoms. The van der Waals surface area contributed by atoms with E-state index in [1.807, 2.05) is 60.7 Å². The number of aromatic nitrogens is 1. The number of hydrogen-bond acceptors (Lipinski definition) is 5. The second kappa shape index (κ2) is 7.05. The van der Waals surface area contributed by atoms with Crippen LogP contribution in [-0.4, -0.2) is 17.6 Å². The van der Waals surface area contributed by atoms with E-state index in [4.69, 9.17) is 16.2 Å². The first-order chi connectivity index (χ1) is 12.1. The number of carbonyl (C=O) groups excluding carboxylic acids is 1.